The van der Waals surface area contributed by atoms with Gasteiger partial charge in [-0.2, -0.15) is 0 Å². The van der Waals surface area contributed by atoms with Crippen LogP contribution in [-0.2, 0) is 0 Å². The number of fused-ring (bicyclic) bond motifs is 3. The summed E-state index contributed by atoms with van der Waals surface area (Å²) in [6.07, 6.45) is 3.79. The summed E-state index contributed by atoms with van der Waals surface area (Å²) in [6, 6.07) is 13.2. The molecule has 1 heterocycles. The highest BCUT2D eigenvalue weighted by atomic mass is 14.6. The van der Waals surface area contributed by atoms with Gasteiger partial charge < -0.3 is 0 Å². The van der Waals surface area contributed by atoms with Crippen LogP contribution in [-0.4, -0.2) is 4.98 Å². The van der Waals surface area contributed by atoms with Gasteiger partial charge in [0.05, 0.1) is 0 Å². The fourth-order valence-corrected chi connectivity index (χ4v) is 2.30. The second-order valence-electron chi connectivity index (χ2n) is 4.80. The molecule has 0 atom stereocenters. The Morgan fingerprint density at radius 2 is 1.82 bits per heavy atom. The van der Waals surface area contributed by atoms with E-state index in [-0.39, 0.29) is 0 Å². The number of hydrogen-bond donors (Lipinski definition) is 0. The fourth-order valence-electron chi connectivity index (χ4n) is 2.30. The molecule has 1 heteroatoms. The fraction of sp³-hybridized carbons (Fsp3) is 0.188. The number of nitrogens with zero attached hydrogens (tertiary/aromatic N) is 1. The Hall–Kier alpha value is -1.89. The third-order valence-electron chi connectivity index (χ3n) is 3.33. The maximum atomic E-state index is 4.17. The Labute approximate surface area is 101 Å². The van der Waals surface area contributed by atoms with Crippen molar-refractivity contribution in [1.82, 2.24) is 4.98 Å². The summed E-state index contributed by atoms with van der Waals surface area (Å²) in [6.45, 7) is 4.45. The monoisotopic (exact) mass is 221 g/mol. The van der Waals surface area contributed by atoms with Gasteiger partial charge in [-0.05, 0) is 40.1 Å². The molecule has 0 spiro atoms. The van der Waals surface area contributed by atoms with E-state index in [9.17, 15) is 0 Å². The third kappa shape index (κ3) is 1.68. The Morgan fingerprint density at radius 3 is 2.65 bits per heavy atom. The van der Waals surface area contributed by atoms with E-state index in [0.29, 0.717) is 5.92 Å². The summed E-state index contributed by atoms with van der Waals surface area (Å²) >= 11 is 0. The maximum Gasteiger partial charge on any atom is 0.0346 e. The van der Waals surface area contributed by atoms with Crippen molar-refractivity contribution in [2.24, 2.45) is 0 Å². The minimum atomic E-state index is 0.569. The molecule has 84 valence electrons. The smallest absolute Gasteiger partial charge is 0.0346 e. The van der Waals surface area contributed by atoms with Crippen molar-refractivity contribution in [3.63, 3.8) is 0 Å². The molecule has 0 radical (unpaired) electrons. The van der Waals surface area contributed by atoms with Gasteiger partial charge in [-0.3, -0.25) is 4.98 Å². The number of rotatable bonds is 1. The SMILES string of the molecule is CC(C)c1ccc2cc3cnccc3c-2cc1. The Bertz CT molecular complexity index is 640. The van der Waals surface area contributed by atoms with E-state index in [1.165, 1.54) is 27.5 Å². The average Bonchev–Trinajstić information content (AvgIpc) is 2.53. The molecule has 0 saturated heterocycles. The van der Waals surface area contributed by atoms with Gasteiger partial charge in [0, 0.05) is 17.8 Å². The maximum absolute atomic E-state index is 4.17. The zero-order valence-electron chi connectivity index (χ0n) is 10.1. The molecular formula is C16H15N. The molecular weight excluding hydrogens is 206 g/mol. The highest BCUT2D eigenvalue weighted by Gasteiger charge is 2.08. The minimum Gasteiger partial charge on any atom is -0.264 e. The predicted molar refractivity (Wildman–Crippen MR) is 72.5 cm³/mol. The zero-order valence-corrected chi connectivity index (χ0v) is 10.1. The van der Waals surface area contributed by atoms with Crippen LogP contribution in [0.5, 0.6) is 0 Å². The zero-order chi connectivity index (χ0) is 11.8. The van der Waals surface area contributed by atoms with Gasteiger partial charge in [0.15, 0.2) is 0 Å². The predicted octanol–water partition coefficient (Wildman–Crippen LogP) is 4.46. The normalized spacial score (nSPS) is 11.5. The van der Waals surface area contributed by atoms with Gasteiger partial charge in [0.2, 0.25) is 0 Å². The van der Waals surface area contributed by atoms with Gasteiger partial charge in [-0.15, -0.1) is 0 Å². The van der Waals surface area contributed by atoms with Crippen molar-refractivity contribution in [2.75, 3.05) is 0 Å². The number of pyridine rings is 1. The van der Waals surface area contributed by atoms with E-state index < -0.39 is 0 Å². The second-order valence-corrected chi connectivity index (χ2v) is 4.80. The van der Waals surface area contributed by atoms with E-state index >= 15 is 0 Å². The van der Waals surface area contributed by atoms with Crippen molar-refractivity contribution in [3.8, 4) is 11.1 Å². The summed E-state index contributed by atoms with van der Waals surface area (Å²) in [5.41, 5.74) is 3.98. The van der Waals surface area contributed by atoms with Crippen LogP contribution in [0.15, 0.2) is 48.8 Å². The van der Waals surface area contributed by atoms with E-state index in [1.807, 2.05) is 12.4 Å². The lowest BCUT2D eigenvalue weighted by Gasteiger charge is -1.99. The first-order valence-electron chi connectivity index (χ1n) is 6.02. The summed E-state index contributed by atoms with van der Waals surface area (Å²) in [5, 5.41) is 2.51. The van der Waals surface area contributed by atoms with Crippen LogP contribution >= 0.6 is 0 Å². The first-order valence-corrected chi connectivity index (χ1v) is 6.02. The molecule has 17 heavy (non-hydrogen) atoms. The highest BCUT2D eigenvalue weighted by Crippen LogP contribution is 2.33. The lowest BCUT2D eigenvalue weighted by molar-refractivity contribution is 0.868. The highest BCUT2D eigenvalue weighted by molar-refractivity contribution is 6.01. The molecule has 2 aliphatic rings. The molecule has 0 bridgehead atoms. The minimum absolute atomic E-state index is 0.569. The lowest BCUT2D eigenvalue weighted by atomic mass is 10.1. The molecule has 0 unspecified atom stereocenters. The van der Waals surface area contributed by atoms with Crippen LogP contribution in [0.2, 0.25) is 0 Å². The molecule has 2 aliphatic carbocycles. The van der Waals surface area contributed by atoms with Crippen LogP contribution in [0.1, 0.15) is 25.3 Å². The molecule has 0 amide bonds. The topological polar surface area (TPSA) is 12.9 Å². The molecule has 1 nitrogen and oxygen atoms in total. The number of aromatic nitrogens is 1. The van der Waals surface area contributed by atoms with Crippen LogP contribution in [0.3, 0.4) is 0 Å². The molecule has 1 aromatic heterocycles. The average molecular weight is 221 g/mol. The van der Waals surface area contributed by atoms with E-state index in [2.05, 4.69) is 55.2 Å². The summed E-state index contributed by atoms with van der Waals surface area (Å²) in [4.78, 5) is 4.17. The molecule has 0 fully saturated rings. The van der Waals surface area contributed by atoms with Crippen molar-refractivity contribution in [2.45, 2.75) is 19.8 Å². The Morgan fingerprint density at radius 1 is 1.00 bits per heavy atom. The number of hydrogen-bond acceptors (Lipinski definition) is 1. The van der Waals surface area contributed by atoms with E-state index in [1.54, 1.807) is 0 Å². The van der Waals surface area contributed by atoms with Crippen molar-refractivity contribution < 1.29 is 0 Å². The second kappa shape index (κ2) is 3.85. The summed E-state index contributed by atoms with van der Waals surface area (Å²) < 4.78 is 0. The van der Waals surface area contributed by atoms with E-state index in [4.69, 9.17) is 0 Å². The van der Waals surface area contributed by atoms with Crippen LogP contribution in [0.25, 0.3) is 21.9 Å². The molecule has 0 aliphatic heterocycles. The summed E-state index contributed by atoms with van der Waals surface area (Å²) in [5.74, 6) is 0.569. The molecule has 0 aromatic carbocycles. The Kier molecular flexibility index (Phi) is 2.32. The Balaban J connectivity index is 2.31. The molecule has 0 N–H and O–H groups in total. The standard InChI is InChI=1S/C16H15N/c1-11(2)12-3-4-13-9-14-10-17-8-7-16(14)15(13)6-5-12/h3-11H,1-2H3. The van der Waals surface area contributed by atoms with E-state index in [0.717, 1.165) is 0 Å². The first-order chi connectivity index (χ1) is 8.25. The largest absolute Gasteiger partial charge is 0.264 e. The van der Waals surface area contributed by atoms with Gasteiger partial charge in [0.25, 0.3) is 0 Å². The van der Waals surface area contributed by atoms with Gasteiger partial charge >= 0.3 is 0 Å². The van der Waals surface area contributed by atoms with Crippen molar-refractivity contribution >= 4 is 10.8 Å². The van der Waals surface area contributed by atoms with Gasteiger partial charge in [0.1, 0.15) is 0 Å². The molecule has 1 aromatic rings. The van der Waals surface area contributed by atoms with Crippen LogP contribution in [0.4, 0.5) is 0 Å². The lowest BCUT2D eigenvalue weighted by Crippen LogP contribution is -1.81. The van der Waals surface area contributed by atoms with Crippen molar-refractivity contribution in [3.05, 3.63) is 54.4 Å². The van der Waals surface area contributed by atoms with Gasteiger partial charge in [-0.1, -0.05) is 38.1 Å². The quantitative estimate of drug-likeness (QED) is 0.591. The van der Waals surface area contributed by atoms with Gasteiger partial charge in [-0.25, -0.2) is 0 Å². The molecule has 3 rings (SSSR count). The third-order valence-corrected chi connectivity index (χ3v) is 3.33. The summed E-state index contributed by atoms with van der Waals surface area (Å²) in [7, 11) is 0. The van der Waals surface area contributed by atoms with Crippen molar-refractivity contribution in [1.29, 1.82) is 0 Å². The molecule has 0 saturated carbocycles. The van der Waals surface area contributed by atoms with Crippen LogP contribution in [0, 0.1) is 0 Å². The first kappa shape index (κ1) is 10.3. The van der Waals surface area contributed by atoms with Crippen LogP contribution < -0.4 is 0 Å².